The molecule has 1 atom stereocenters. The number of nitrogens with zero attached hydrogens (tertiary/aromatic N) is 1. The van der Waals surface area contributed by atoms with E-state index in [2.05, 4.69) is 11.6 Å². The number of sulfonamides is 1. The van der Waals surface area contributed by atoms with Gasteiger partial charge >= 0.3 is 5.97 Å². The van der Waals surface area contributed by atoms with Gasteiger partial charge in [-0.25, -0.2) is 17.9 Å². The first-order valence-corrected chi connectivity index (χ1v) is 9.78. The molecule has 25 heavy (non-hydrogen) atoms. The van der Waals surface area contributed by atoms with E-state index in [-0.39, 0.29) is 28.0 Å². The topological polar surface area (TPSA) is 92.8 Å². The highest BCUT2D eigenvalue weighted by Crippen LogP contribution is 2.23. The lowest BCUT2D eigenvalue weighted by Gasteiger charge is -2.30. The lowest BCUT2D eigenvalue weighted by atomic mass is 10.0. The third-order valence-electron chi connectivity index (χ3n) is 4.06. The van der Waals surface area contributed by atoms with Gasteiger partial charge in [0.1, 0.15) is 4.90 Å². The van der Waals surface area contributed by atoms with E-state index < -0.39 is 16.0 Å². The molecular formula is C16H21ClN2O5S. The Balaban J connectivity index is 2.04. The first kappa shape index (κ1) is 19.7. The molecule has 1 fully saturated rings. The van der Waals surface area contributed by atoms with Crippen molar-refractivity contribution in [3.05, 3.63) is 28.8 Å². The average molecular weight is 389 g/mol. The number of piperidine rings is 1. The van der Waals surface area contributed by atoms with Crippen LogP contribution in [-0.2, 0) is 19.6 Å². The maximum Gasteiger partial charge on any atom is 0.338 e. The van der Waals surface area contributed by atoms with Crippen LogP contribution in [0.25, 0.3) is 0 Å². The number of amides is 1. The van der Waals surface area contributed by atoms with Crippen LogP contribution in [0.3, 0.4) is 0 Å². The third-order valence-corrected chi connectivity index (χ3v) is 5.96. The molecule has 0 aliphatic carbocycles. The first-order valence-electron chi connectivity index (χ1n) is 7.92. The summed E-state index contributed by atoms with van der Waals surface area (Å²) in [6.45, 7) is 3.01. The first-order chi connectivity index (χ1) is 11.7. The normalized spacial score (nSPS) is 18.0. The molecule has 0 radical (unpaired) electrons. The summed E-state index contributed by atoms with van der Waals surface area (Å²) in [5.41, 5.74) is 0.0121. The molecule has 0 unspecified atom stereocenters. The number of hydrogen-bond acceptors (Lipinski definition) is 5. The zero-order valence-corrected chi connectivity index (χ0v) is 15.7. The number of esters is 1. The molecule has 1 heterocycles. The summed E-state index contributed by atoms with van der Waals surface area (Å²) in [6.07, 6.45) is 2.01. The van der Waals surface area contributed by atoms with E-state index in [1.54, 1.807) is 4.90 Å². The van der Waals surface area contributed by atoms with Crippen molar-refractivity contribution >= 4 is 33.5 Å². The monoisotopic (exact) mass is 388 g/mol. The van der Waals surface area contributed by atoms with Crippen LogP contribution >= 0.6 is 11.6 Å². The Bertz CT molecular complexity index is 766. The number of nitrogens with one attached hydrogen (secondary N) is 1. The molecule has 0 saturated carbocycles. The van der Waals surface area contributed by atoms with Crippen molar-refractivity contribution in [3.8, 4) is 0 Å². The summed E-state index contributed by atoms with van der Waals surface area (Å²) >= 11 is 5.87. The van der Waals surface area contributed by atoms with E-state index in [0.717, 1.165) is 18.9 Å². The Morgan fingerprint density at radius 1 is 1.40 bits per heavy atom. The van der Waals surface area contributed by atoms with Gasteiger partial charge in [-0.2, -0.15) is 0 Å². The van der Waals surface area contributed by atoms with Crippen molar-refractivity contribution in [2.45, 2.75) is 24.7 Å². The largest absolute Gasteiger partial charge is 0.452 e. The Hall–Kier alpha value is -1.64. The summed E-state index contributed by atoms with van der Waals surface area (Å²) in [4.78, 5) is 25.7. The van der Waals surface area contributed by atoms with Crippen LogP contribution in [0.4, 0.5) is 0 Å². The second kappa shape index (κ2) is 8.16. The number of hydrogen-bond donors (Lipinski definition) is 1. The van der Waals surface area contributed by atoms with Crippen LogP contribution in [0.15, 0.2) is 23.1 Å². The fourth-order valence-electron chi connectivity index (χ4n) is 2.66. The molecule has 2 rings (SSSR count). The fourth-order valence-corrected chi connectivity index (χ4v) is 3.91. The van der Waals surface area contributed by atoms with Crippen LogP contribution in [0.5, 0.6) is 0 Å². The summed E-state index contributed by atoms with van der Waals surface area (Å²) in [5, 5.41) is -0.00993. The molecule has 1 saturated heterocycles. The molecule has 1 amide bonds. The highest BCUT2D eigenvalue weighted by molar-refractivity contribution is 7.89. The molecular weight excluding hydrogens is 368 g/mol. The van der Waals surface area contributed by atoms with Gasteiger partial charge in [0, 0.05) is 13.1 Å². The van der Waals surface area contributed by atoms with Gasteiger partial charge in [0.05, 0.1) is 10.6 Å². The average Bonchev–Trinajstić information content (AvgIpc) is 2.59. The Morgan fingerprint density at radius 3 is 2.76 bits per heavy atom. The number of benzene rings is 1. The van der Waals surface area contributed by atoms with E-state index in [1.165, 1.54) is 19.2 Å². The van der Waals surface area contributed by atoms with Crippen molar-refractivity contribution in [3.63, 3.8) is 0 Å². The van der Waals surface area contributed by atoms with Gasteiger partial charge < -0.3 is 9.64 Å². The van der Waals surface area contributed by atoms with Gasteiger partial charge in [0.2, 0.25) is 10.0 Å². The molecule has 138 valence electrons. The number of carbonyl (C=O) groups is 2. The second-order valence-electron chi connectivity index (χ2n) is 6.02. The summed E-state index contributed by atoms with van der Waals surface area (Å²) in [6, 6.07) is 3.78. The van der Waals surface area contributed by atoms with Crippen molar-refractivity contribution in [2.75, 3.05) is 26.7 Å². The Morgan fingerprint density at radius 2 is 2.12 bits per heavy atom. The maximum absolute atomic E-state index is 12.1. The Kier molecular flexibility index (Phi) is 6.42. The number of likely N-dealkylation sites (tertiary alicyclic amines) is 1. The van der Waals surface area contributed by atoms with Crippen LogP contribution < -0.4 is 4.72 Å². The number of ether oxygens (including phenoxy) is 1. The predicted molar refractivity (Wildman–Crippen MR) is 93.0 cm³/mol. The van der Waals surface area contributed by atoms with E-state index >= 15 is 0 Å². The molecule has 7 nitrogen and oxygen atoms in total. The molecule has 9 heteroatoms. The van der Waals surface area contributed by atoms with Gasteiger partial charge in [-0.3, -0.25) is 4.79 Å². The zero-order chi connectivity index (χ0) is 18.6. The highest BCUT2D eigenvalue weighted by atomic mass is 35.5. The molecule has 0 bridgehead atoms. The molecule has 0 spiro atoms. The van der Waals surface area contributed by atoms with Crippen LogP contribution in [0.1, 0.15) is 30.1 Å². The lowest BCUT2D eigenvalue weighted by molar-refractivity contribution is -0.136. The van der Waals surface area contributed by atoms with Gasteiger partial charge in [0.15, 0.2) is 6.61 Å². The Labute approximate surface area is 152 Å². The van der Waals surface area contributed by atoms with Crippen LogP contribution in [0.2, 0.25) is 5.02 Å². The van der Waals surface area contributed by atoms with Crippen molar-refractivity contribution in [2.24, 2.45) is 5.92 Å². The molecule has 1 aromatic carbocycles. The molecule has 1 N–H and O–H groups in total. The smallest absolute Gasteiger partial charge is 0.338 e. The van der Waals surface area contributed by atoms with E-state index in [9.17, 15) is 18.0 Å². The second-order valence-corrected chi connectivity index (χ2v) is 8.28. The molecule has 1 aromatic rings. The number of rotatable bonds is 5. The minimum atomic E-state index is -3.80. The fraction of sp³-hybridized carbons (Fsp3) is 0.500. The van der Waals surface area contributed by atoms with Crippen molar-refractivity contribution in [1.82, 2.24) is 9.62 Å². The maximum atomic E-state index is 12.1. The highest BCUT2D eigenvalue weighted by Gasteiger charge is 2.23. The summed E-state index contributed by atoms with van der Waals surface area (Å²) in [7, 11) is -2.56. The van der Waals surface area contributed by atoms with E-state index in [1.807, 2.05) is 0 Å². The van der Waals surface area contributed by atoms with Gasteiger partial charge in [-0.15, -0.1) is 0 Å². The van der Waals surface area contributed by atoms with Gasteiger partial charge in [-0.05, 0) is 44.0 Å². The lowest BCUT2D eigenvalue weighted by Crippen LogP contribution is -2.41. The summed E-state index contributed by atoms with van der Waals surface area (Å²) < 4.78 is 31.0. The number of halogens is 1. The zero-order valence-electron chi connectivity index (χ0n) is 14.1. The molecule has 1 aliphatic heterocycles. The minimum absolute atomic E-state index is 0.00993. The standard InChI is InChI=1S/C16H21ClN2O5S/c1-11-4-3-7-19(9-11)15(20)10-24-16(21)12-5-6-13(17)14(8-12)25(22,23)18-2/h5-6,8,11,18H,3-4,7,9-10H2,1-2H3/t11-/m1/s1. The van der Waals surface area contributed by atoms with E-state index in [4.69, 9.17) is 16.3 Å². The van der Waals surface area contributed by atoms with Gasteiger partial charge in [0.25, 0.3) is 5.91 Å². The number of carbonyl (C=O) groups excluding carboxylic acids is 2. The van der Waals surface area contributed by atoms with Crippen molar-refractivity contribution in [1.29, 1.82) is 0 Å². The van der Waals surface area contributed by atoms with Gasteiger partial charge in [-0.1, -0.05) is 18.5 Å². The minimum Gasteiger partial charge on any atom is -0.452 e. The van der Waals surface area contributed by atoms with Crippen LogP contribution in [-0.4, -0.2) is 51.9 Å². The van der Waals surface area contributed by atoms with Crippen LogP contribution in [0, 0.1) is 5.92 Å². The third kappa shape index (κ3) is 4.93. The SMILES string of the molecule is CNS(=O)(=O)c1cc(C(=O)OCC(=O)N2CCC[C@@H](C)C2)ccc1Cl. The molecule has 0 aromatic heterocycles. The quantitative estimate of drug-likeness (QED) is 0.774. The molecule has 1 aliphatic rings. The van der Waals surface area contributed by atoms with E-state index in [0.29, 0.717) is 19.0 Å². The predicted octanol–water partition coefficient (Wildman–Crippen LogP) is 1.66. The summed E-state index contributed by atoms with van der Waals surface area (Å²) in [5.74, 6) is -0.599. The van der Waals surface area contributed by atoms with Crippen molar-refractivity contribution < 1.29 is 22.7 Å².